The number of anilines is 1. The molecular weight excluding hydrogens is 382 g/mol. The van der Waals surface area contributed by atoms with Crippen molar-refractivity contribution < 1.29 is 4.79 Å². The van der Waals surface area contributed by atoms with Gasteiger partial charge >= 0.3 is 0 Å². The van der Waals surface area contributed by atoms with Gasteiger partial charge in [-0.15, -0.1) is 0 Å². The van der Waals surface area contributed by atoms with Crippen LogP contribution in [0.4, 0.5) is 5.69 Å². The van der Waals surface area contributed by atoms with Crippen molar-refractivity contribution in [3.8, 4) is 6.07 Å². The second kappa shape index (κ2) is 8.73. The minimum atomic E-state index is -0.411. The average molecular weight is 406 g/mol. The molecule has 4 aromatic rings. The van der Waals surface area contributed by atoms with Gasteiger partial charge in [0.1, 0.15) is 11.6 Å². The van der Waals surface area contributed by atoms with E-state index in [9.17, 15) is 10.1 Å². The molecule has 0 saturated heterocycles. The third kappa shape index (κ3) is 4.41. The normalized spacial score (nSPS) is 11.3. The second-order valence-electron chi connectivity index (χ2n) is 7.64. The van der Waals surface area contributed by atoms with Gasteiger partial charge in [0, 0.05) is 34.9 Å². The van der Waals surface area contributed by atoms with Gasteiger partial charge in [0.2, 0.25) is 0 Å². The third-order valence-corrected chi connectivity index (χ3v) is 5.44. The molecule has 152 valence electrons. The van der Waals surface area contributed by atoms with Crippen LogP contribution in [-0.2, 0) is 11.3 Å². The molecule has 0 aliphatic rings. The number of rotatable bonds is 5. The average Bonchev–Trinajstić information content (AvgIpc) is 3.12. The number of aromatic nitrogens is 1. The summed E-state index contributed by atoms with van der Waals surface area (Å²) in [6.07, 6.45) is 3.67. The van der Waals surface area contributed by atoms with E-state index in [1.165, 1.54) is 5.56 Å². The minimum Gasteiger partial charge on any atom is -0.342 e. The summed E-state index contributed by atoms with van der Waals surface area (Å²) in [7, 11) is 0. The lowest BCUT2D eigenvalue weighted by molar-refractivity contribution is -0.112. The maximum absolute atomic E-state index is 12.8. The largest absolute Gasteiger partial charge is 0.342 e. The Hall–Kier alpha value is -4.10. The predicted octanol–water partition coefficient (Wildman–Crippen LogP) is 5.85. The van der Waals surface area contributed by atoms with E-state index in [0.717, 1.165) is 27.6 Å². The number of benzene rings is 3. The highest BCUT2D eigenvalue weighted by Gasteiger charge is 2.13. The van der Waals surface area contributed by atoms with Gasteiger partial charge in [-0.05, 0) is 54.8 Å². The summed E-state index contributed by atoms with van der Waals surface area (Å²) in [5.74, 6) is -0.411. The van der Waals surface area contributed by atoms with Gasteiger partial charge in [-0.2, -0.15) is 5.26 Å². The Balaban J connectivity index is 1.67. The highest BCUT2D eigenvalue weighted by molar-refractivity contribution is 6.10. The summed E-state index contributed by atoms with van der Waals surface area (Å²) in [4.78, 5) is 12.8. The Bertz CT molecular complexity index is 1320. The van der Waals surface area contributed by atoms with Crippen molar-refractivity contribution in [2.45, 2.75) is 20.4 Å². The van der Waals surface area contributed by atoms with E-state index in [2.05, 4.69) is 34.2 Å². The lowest BCUT2D eigenvalue weighted by atomic mass is 10.1. The standard InChI is InChI=1S/C27H23N3O/c1-19-12-13-24(14-20(19)2)29-27(31)22(16-28)15-23-18-30(17-21-8-4-3-5-9-21)26-11-7-6-10-25(23)26/h3-15,18H,17H2,1-2H3,(H,29,31). The van der Waals surface area contributed by atoms with Crippen LogP contribution in [0.25, 0.3) is 17.0 Å². The summed E-state index contributed by atoms with van der Waals surface area (Å²) in [5.41, 5.74) is 6.08. The maximum Gasteiger partial charge on any atom is 0.266 e. The number of carbonyl (C=O) groups is 1. The number of aryl methyl sites for hydroxylation is 2. The molecule has 4 heteroatoms. The number of amides is 1. The topological polar surface area (TPSA) is 57.8 Å². The molecule has 1 N–H and O–H groups in total. The van der Waals surface area contributed by atoms with E-state index >= 15 is 0 Å². The van der Waals surface area contributed by atoms with Gasteiger partial charge in [0.05, 0.1) is 0 Å². The number of hydrogen-bond acceptors (Lipinski definition) is 2. The Morgan fingerprint density at radius 2 is 1.74 bits per heavy atom. The van der Waals surface area contributed by atoms with Crippen molar-refractivity contribution in [2.24, 2.45) is 0 Å². The number of carbonyl (C=O) groups excluding carboxylic acids is 1. The summed E-state index contributed by atoms with van der Waals surface area (Å²) in [6.45, 7) is 4.73. The molecule has 31 heavy (non-hydrogen) atoms. The number of nitrogens with one attached hydrogen (secondary N) is 1. The first-order valence-corrected chi connectivity index (χ1v) is 10.2. The van der Waals surface area contributed by atoms with E-state index in [0.29, 0.717) is 12.2 Å². The molecule has 1 heterocycles. The van der Waals surface area contributed by atoms with Crippen LogP contribution in [0.2, 0.25) is 0 Å². The monoisotopic (exact) mass is 405 g/mol. The summed E-state index contributed by atoms with van der Waals surface area (Å²) in [5, 5.41) is 13.5. The van der Waals surface area contributed by atoms with E-state index < -0.39 is 5.91 Å². The molecule has 0 unspecified atom stereocenters. The quantitative estimate of drug-likeness (QED) is 0.334. The highest BCUT2D eigenvalue weighted by Crippen LogP contribution is 2.25. The van der Waals surface area contributed by atoms with Crippen LogP contribution in [0.15, 0.2) is 84.6 Å². The van der Waals surface area contributed by atoms with Crippen LogP contribution in [0.1, 0.15) is 22.3 Å². The van der Waals surface area contributed by atoms with Crippen LogP contribution in [0.5, 0.6) is 0 Å². The molecule has 0 bridgehead atoms. The predicted molar refractivity (Wildman–Crippen MR) is 126 cm³/mol. The van der Waals surface area contributed by atoms with Gasteiger partial charge in [-0.25, -0.2) is 0 Å². The zero-order chi connectivity index (χ0) is 21.8. The molecule has 0 fully saturated rings. The van der Waals surface area contributed by atoms with Crippen LogP contribution < -0.4 is 5.32 Å². The smallest absolute Gasteiger partial charge is 0.266 e. The van der Waals surface area contributed by atoms with Crippen LogP contribution in [0, 0.1) is 25.2 Å². The van der Waals surface area contributed by atoms with Gasteiger partial charge < -0.3 is 9.88 Å². The molecule has 0 saturated carbocycles. The highest BCUT2D eigenvalue weighted by atomic mass is 16.1. The van der Waals surface area contributed by atoms with Crippen molar-refractivity contribution in [2.75, 3.05) is 5.32 Å². The molecule has 4 rings (SSSR count). The number of fused-ring (bicyclic) bond motifs is 1. The molecule has 4 nitrogen and oxygen atoms in total. The van der Waals surface area contributed by atoms with Gasteiger partial charge in [0.25, 0.3) is 5.91 Å². The zero-order valence-corrected chi connectivity index (χ0v) is 17.6. The molecule has 0 aliphatic carbocycles. The first-order valence-electron chi connectivity index (χ1n) is 10.2. The Morgan fingerprint density at radius 1 is 1.00 bits per heavy atom. The van der Waals surface area contributed by atoms with E-state index in [1.54, 1.807) is 6.08 Å². The fourth-order valence-corrected chi connectivity index (χ4v) is 3.62. The number of para-hydroxylation sites is 1. The van der Waals surface area contributed by atoms with E-state index in [-0.39, 0.29) is 5.57 Å². The Kier molecular flexibility index (Phi) is 5.68. The lowest BCUT2D eigenvalue weighted by Crippen LogP contribution is -2.13. The van der Waals surface area contributed by atoms with Gasteiger partial charge in [-0.3, -0.25) is 4.79 Å². The van der Waals surface area contributed by atoms with E-state index in [4.69, 9.17) is 0 Å². The molecule has 0 spiro atoms. The van der Waals surface area contributed by atoms with Crippen molar-refractivity contribution in [3.63, 3.8) is 0 Å². The third-order valence-electron chi connectivity index (χ3n) is 5.44. The molecule has 0 radical (unpaired) electrons. The molecule has 0 aliphatic heterocycles. The summed E-state index contributed by atoms with van der Waals surface area (Å²) >= 11 is 0. The molecule has 3 aromatic carbocycles. The maximum atomic E-state index is 12.8. The second-order valence-corrected chi connectivity index (χ2v) is 7.64. The summed E-state index contributed by atoms with van der Waals surface area (Å²) in [6, 6.07) is 26.0. The van der Waals surface area contributed by atoms with Gasteiger partial charge in [0.15, 0.2) is 0 Å². The van der Waals surface area contributed by atoms with Crippen molar-refractivity contribution >= 4 is 28.6 Å². The molecule has 1 aromatic heterocycles. The molecular formula is C27H23N3O. The van der Waals surface area contributed by atoms with E-state index in [1.807, 2.05) is 74.6 Å². The van der Waals surface area contributed by atoms with Gasteiger partial charge in [-0.1, -0.05) is 54.6 Å². The fraction of sp³-hybridized carbons (Fsp3) is 0.111. The Morgan fingerprint density at radius 3 is 2.48 bits per heavy atom. The molecule has 1 amide bonds. The zero-order valence-electron chi connectivity index (χ0n) is 17.6. The molecule has 0 atom stereocenters. The Labute approximate surface area is 182 Å². The minimum absolute atomic E-state index is 0.0702. The van der Waals surface area contributed by atoms with Crippen molar-refractivity contribution in [1.82, 2.24) is 4.57 Å². The first-order chi connectivity index (χ1) is 15.0. The lowest BCUT2D eigenvalue weighted by Gasteiger charge is -2.07. The number of nitrogens with zero attached hydrogens (tertiary/aromatic N) is 2. The van der Waals surface area contributed by atoms with Crippen LogP contribution in [-0.4, -0.2) is 10.5 Å². The fourth-order valence-electron chi connectivity index (χ4n) is 3.62. The van der Waals surface area contributed by atoms with Crippen LogP contribution in [0.3, 0.4) is 0 Å². The first kappa shape index (κ1) is 20.2. The van der Waals surface area contributed by atoms with Crippen molar-refractivity contribution in [3.05, 3.63) is 107 Å². The SMILES string of the molecule is Cc1ccc(NC(=O)C(C#N)=Cc2cn(Cc3ccccc3)c3ccccc23)cc1C. The van der Waals surface area contributed by atoms with Crippen molar-refractivity contribution in [1.29, 1.82) is 5.26 Å². The number of nitriles is 1. The summed E-state index contributed by atoms with van der Waals surface area (Å²) < 4.78 is 2.15. The van der Waals surface area contributed by atoms with Crippen LogP contribution >= 0.6 is 0 Å². The number of hydrogen-bond donors (Lipinski definition) is 1.